The quantitative estimate of drug-likeness (QED) is 0.772. The van der Waals surface area contributed by atoms with E-state index in [9.17, 15) is 4.79 Å². The highest BCUT2D eigenvalue weighted by Crippen LogP contribution is 2.23. The SMILES string of the molecule is O=C(Nc1cc(-c2ccccc2)on1)N1CC[C@@H](Oc2ccccc2)C1. The zero-order chi connectivity index (χ0) is 17.8. The summed E-state index contributed by atoms with van der Waals surface area (Å²) in [5, 5.41) is 6.71. The molecule has 26 heavy (non-hydrogen) atoms. The number of hydrogen-bond donors (Lipinski definition) is 1. The Bertz CT molecular complexity index is 864. The van der Waals surface area contributed by atoms with Crippen LogP contribution in [0.1, 0.15) is 6.42 Å². The molecule has 1 atom stereocenters. The van der Waals surface area contributed by atoms with Gasteiger partial charge < -0.3 is 14.2 Å². The van der Waals surface area contributed by atoms with Crippen LogP contribution in [0, 0.1) is 0 Å². The summed E-state index contributed by atoms with van der Waals surface area (Å²) in [5.41, 5.74) is 0.915. The maximum atomic E-state index is 12.4. The zero-order valence-electron chi connectivity index (χ0n) is 14.2. The molecule has 1 aliphatic heterocycles. The molecule has 0 unspecified atom stereocenters. The molecular formula is C20H19N3O3. The van der Waals surface area contributed by atoms with Crippen LogP contribution in [-0.2, 0) is 0 Å². The number of anilines is 1. The minimum atomic E-state index is -0.197. The van der Waals surface area contributed by atoms with Gasteiger partial charge in [0.15, 0.2) is 11.6 Å². The summed E-state index contributed by atoms with van der Waals surface area (Å²) in [7, 11) is 0. The first-order chi connectivity index (χ1) is 12.8. The van der Waals surface area contributed by atoms with Crippen molar-refractivity contribution >= 4 is 11.8 Å². The van der Waals surface area contributed by atoms with E-state index in [0.29, 0.717) is 24.7 Å². The number of urea groups is 1. The predicted octanol–water partition coefficient (Wildman–Crippen LogP) is 4.03. The standard InChI is InChI=1S/C20H19N3O3/c24-20(21-19-13-18(26-22-19)15-7-3-1-4-8-15)23-12-11-17(14-23)25-16-9-5-2-6-10-16/h1-10,13,17H,11-12,14H2,(H,21,22,24)/t17-/m1/s1. The fourth-order valence-electron chi connectivity index (χ4n) is 2.96. The van der Waals surface area contributed by atoms with Crippen molar-refractivity contribution in [1.82, 2.24) is 10.1 Å². The van der Waals surface area contributed by atoms with E-state index in [2.05, 4.69) is 10.5 Å². The summed E-state index contributed by atoms with van der Waals surface area (Å²) in [6.45, 7) is 1.19. The van der Waals surface area contributed by atoms with Gasteiger partial charge in [-0.15, -0.1) is 0 Å². The summed E-state index contributed by atoms with van der Waals surface area (Å²) in [6, 6.07) is 20.8. The van der Waals surface area contributed by atoms with Crippen LogP contribution in [0.25, 0.3) is 11.3 Å². The number of para-hydroxylation sites is 1. The third-order valence-electron chi connectivity index (χ3n) is 4.28. The summed E-state index contributed by atoms with van der Waals surface area (Å²) < 4.78 is 11.2. The van der Waals surface area contributed by atoms with Gasteiger partial charge in [-0.1, -0.05) is 53.7 Å². The van der Waals surface area contributed by atoms with E-state index in [0.717, 1.165) is 17.7 Å². The Kier molecular flexibility index (Phi) is 4.55. The van der Waals surface area contributed by atoms with Crippen LogP contribution in [0.3, 0.4) is 0 Å². The lowest BCUT2D eigenvalue weighted by molar-refractivity contribution is 0.194. The second-order valence-electron chi connectivity index (χ2n) is 6.16. The van der Waals surface area contributed by atoms with E-state index in [1.807, 2.05) is 60.7 Å². The normalized spacial score (nSPS) is 16.5. The van der Waals surface area contributed by atoms with Crippen molar-refractivity contribution in [2.45, 2.75) is 12.5 Å². The van der Waals surface area contributed by atoms with Crippen molar-refractivity contribution < 1.29 is 14.1 Å². The molecule has 3 aromatic rings. The molecule has 0 spiro atoms. The van der Waals surface area contributed by atoms with Crippen LogP contribution in [0.15, 0.2) is 71.3 Å². The van der Waals surface area contributed by atoms with Gasteiger partial charge in [0.05, 0.1) is 6.54 Å². The highest BCUT2D eigenvalue weighted by molar-refractivity contribution is 5.89. The Morgan fingerprint density at radius 2 is 1.85 bits per heavy atom. The number of nitrogens with zero attached hydrogens (tertiary/aromatic N) is 2. The summed E-state index contributed by atoms with van der Waals surface area (Å²) in [5.74, 6) is 1.85. The first-order valence-electron chi connectivity index (χ1n) is 8.58. The second-order valence-corrected chi connectivity index (χ2v) is 6.16. The van der Waals surface area contributed by atoms with E-state index >= 15 is 0 Å². The molecule has 1 fully saturated rings. The fraction of sp³-hybridized carbons (Fsp3) is 0.200. The number of likely N-dealkylation sites (tertiary alicyclic amines) is 1. The van der Waals surface area contributed by atoms with Crippen LogP contribution in [0.4, 0.5) is 10.6 Å². The minimum absolute atomic E-state index is 0.000314. The lowest BCUT2D eigenvalue weighted by atomic mass is 10.2. The maximum absolute atomic E-state index is 12.4. The molecule has 6 nitrogen and oxygen atoms in total. The smallest absolute Gasteiger partial charge is 0.323 e. The van der Waals surface area contributed by atoms with Crippen LogP contribution in [0.5, 0.6) is 5.75 Å². The molecular weight excluding hydrogens is 330 g/mol. The molecule has 1 aliphatic rings. The molecule has 132 valence electrons. The van der Waals surface area contributed by atoms with Crippen LogP contribution < -0.4 is 10.1 Å². The van der Waals surface area contributed by atoms with E-state index in [1.165, 1.54) is 0 Å². The summed E-state index contributed by atoms with van der Waals surface area (Å²) in [6.07, 6.45) is 0.802. The van der Waals surface area contributed by atoms with E-state index in [1.54, 1.807) is 11.0 Å². The molecule has 0 saturated carbocycles. The van der Waals surface area contributed by atoms with Gasteiger partial charge in [-0.25, -0.2) is 4.79 Å². The van der Waals surface area contributed by atoms with Crippen molar-refractivity contribution in [1.29, 1.82) is 0 Å². The van der Waals surface area contributed by atoms with Gasteiger partial charge in [0.1, 0.15) is 11.9 Å². The molecule has 1 N–H and O–H groups in total. The van der Waals surface area contributed by atoms with Crippen molar-refractivity contribution in [3.05, 3.63) is 66.7 Å². The molecule has 0 aliphatic carbocycles. The molecule has 0 radical (unpaired) electrons. The summed E-state index contributed by atoms with van der Waals surface area (Å²) in [4.78, 5) is 14.2. The monoisotopic (exact) mass is 349 g/mol. The number of hydrogen-bond acceptors (Lipinski definition) is 4. The first-order valence-corrected chi connectivity index (χ1v) is 8.58. The Morgan fingerprint density at radius 1 is 1.12 bits per heavy atom. The molecule has 4 rings (SSSR count). The van der Waals surface area contributed by atoms with Gasteiger partial charge in [-0.05, 0) is 12.1 Å². The van der Waals surface area contributed by atoms with Gasteiger partial charge in [-0.3, -0.25) is 5.32 Å². The predicted molar refractivity (Wildman–Crippen MR) is 98.0 cm³/mol. The molecule has 2 aromatic carbocycles. The second kappa shape index (κ2) is 7.31. The van der Waals surface area contributed by atoms with Gasteiger partial charge in [0.25, 0.3) is 0 Å². The van der Waals surface area contributed by atoms with Gasteiger partial charge >= 0.3 is 6.03 Å². The number of carbonyl (C=O) groups is 1. The molecule has 2 heterocycles. The number of ether oxygens (including phenoxy) is 1. The Labute approximate surface area is 151 Å². The van der Waals surface area contributed by atoms with Gasteiger partial charge in [0.2, 0.25) is 0 Å². The lowest BCUT2D eigenvalue weighted by Crippen LogP contribution is -2.34. The molecule has 1 aromatic heterocycles. The van der Waals surface area contributed by atoms with Crippen molar-refractivity contribution in [3.8, 4) is 17.1 Å². The Morgan fingerprint density at radius 3 is 2.62 bits per heavy atom. The highest BCUT2D eigenvalue weighted by atomic mass is 16.5. The fourth-order valence-corrected chi connectivity index (χ4v) is 2.96. The van der Waals surface area contributed by atoms with Crippen LogP contribution in [0.2, 0.25) is 0 Å². The maximum Gasteiger partial charge on any atom is 0.323 e. The molecule has 1 saturated heterocycles. The minimum Gasteiger partial charge on any atom is -0.489 e. The number of nitrogens with one attached hydrogen (secondary N) is 1. The van der Waals surface area contributed by atoms with Crippen LogP contribution >= 0.6 is 0 Å². The average molecular weight is 349 g/mol. The zero-order valence-corrected chi connectivity index (χ0v) is 14.2. The highest BCUT2D eigenvalue weighted by Gasteiger charge is 2.28. The van der Waals surface area contributed by atoms with Gasteiger partial charge in [-0.2, -0.15) is 0 Å². The topological polar surface area (TPSA) is 67.6 Å². The van der Waals surface area contributed by atoms with Crippen molar-refractivity contribution in [2.24, 2.45) is 0 Å². The molecule has 6 heteroatoms. The number of benzene rings is 2. The third-order valence-corrected chi connectivity index (χ3v) is 4.28. The molecule has 0 bridgehead atoms. The molecule has 2 amide bonds. The lowest BCUT2D eigenvalue weighted by Gasteiger charge is -2.17. The van der Waals surface area contributed by atoms with Crippen molar-refractivity contribution in [2.75, 3.05) is 18.4 Å². The Hall–Kier alpha value is -3.28. The largest absolute Gasteiger partial charge is 0.489 e. The van der Waals surface area contributed by atoms with E-state index in [4.69, 9.17) is 9.26 Å². The number of rotatable bonds is 4. The third kappa shape index (κ3) is 3.69. The number of carbonyl (C=O) groups excluding carboxylic acids is 1. The van der Waals surface area contributed by atoms with Crippen LogP contribution in [-0.4, -0.2) is 35.3 Å². The van der Waals surface area contributed by atoms with Crippen molar-refractivity contribution in [3.63, 3.8) is 0 Å². The number of amides is 2. The number of aromatic nitrogens is 1. The average Bonchev–Trinajstić information content (AvgIpc) is 3.33. The summed E-state index contributed by atoms with van der Waals surface area (Å²) >= 11 is 0. The first kappa shape index (κ1) is 16.2. The Balaban J connectivity index is 1.34. The van der Waals surface area contributed by atoms with E-state index in [-0.39, 0.29) is 12.1 Å². The van der Waals surface area contributed by atoms with Gasteiger partial charge in [0, 0.05) is 24.6 Å². The van der Waals surface area contributed by atoms with E-state index < -0.39 is 0 Å².